The number of hydrogen-bond acceptors (Lipinski definition) is 2. The highest BCUT2D eigenvalue weighted by Crippen LogP contribution is 2.25. The quantitative estimate of drug-likeness (QED) is 0.819. The molecule has 1 N–H and O–H groups in total. The average Bonchev–Trinajstić information content (AvgIpc) is 2.78. The summed E-state index contributed by atoms with van der Waals surface area (Å²) in [5, 5.41) is 0. The summed E-state index contributed by atoms with van der Waals surface area (Å²) in [6.07, 6.45) is 3.93. The molecule has 3 nitrogen and oxygen atoms in total. The maximum absolute atomic E-state index is 12.3. The lowest BCUT2D eigenvalue weighted by atomic mass is 10.0. The zero-order valence-corrected chi connectivity index (χ0v) is 11.1. The van der Waals surface area contributed by atoms with Gasteiger partial charge in [0.15, 0.2) is 0 Å². The predicted octanol–water partition coefficient (Wildman–Crippen LogP) is 3.00. The van der Waals surface area contributed by atoms with Crippen molar-refractivity contribution >= 4 is 18.1 Å². The number of aromatic nitrogens is 1. The minimum atomic E-state index is 0.118. The number of aromatic amines is 1. The topological polar surface area (TPSA) is 36.1 Å². The highest BCUT2D eigenvalue weighted by Gasteiger charge is 2.31. The SMILES string of the molecule is CC(C)C1CCCN1C(=O)c1ccc(=S)[nH]c1. The van der Waals surface area contributed by atoms with E-state index in [1.54, 1.807) is 18.3 Å². The van der Waals surface area contributed by atoms with Crippen LogP contribution in [0.25, 0.3) is 0 Å². The molecule has 0 bridgehead atoms. The van der Waals surface area contributed by atoms with Crippen LogP contribution in [0, 0.1) is 10.6 Å². The normalized spacial score (nSPS) is 19.9. The van der Waals surface area contributed by atoms with Crippen LogP contribution in [0.2, 0.25) is 0 Å². The van der Waals surface area contributed by atoms with E-state index in [1.807, 2.05) is 4.90 Å². The van der Waals surface area contributed by atoms with Gasteiger partial charge in [-0.15, -0.1) is 0 Å². The standard InChI is InChI=1S/C13H18N2OS/c1-9(2)11-4-3-7-15(11)13(16)10-5-6-12(17)14-8-10/h5-6,8-9,11H,3-4,7H2,1-2H3,(H,14,17). The molecule has 92 valence electrons. The first-order chi connectivity index (χ1) is 8.09. The molecule has 2 rings (SSSR count). The number of amides is 1. The third-order valence-electron chi connectivity index (χ3n) is 3.36. The van der Waals surface area contributed by atoms with Crippen LogP contribution in [-0.4, -0.2) is 28.4 Å². The van der Waals surface area contributed by atoms with E-state index in [-0.39, 0.29) is 5.91 Å². The van der Waals surface area contributed by atoms with Crippen molar-refractivity contribution in [3.8, 4) is 0 Å². The average molecular weight is 250 g/mol. The smallest absolute Gasteiger partial charge is 0.255 e. The van der Waals surface area contributed by atoms with Crippen molar-refractivity contribution in [3.05, 3.63) is 28.5 Å². The van der Waals surface area contributed by atoms with Gasteiger partial charge in [0.1, 0.15) is 4.64 Å². The molecule has 1 amide bonds. The maximum Gasteiger partial charge on any atom is 0.255 e. The second kappa shape index (κ2) is 5.00. The first-order valence-electron chi connectivity index (χ1n) is 6.09. The van der Waals surface area contributed by atoms with Crippen molar-refractivity contribution < 1.29 is 4.79 Å². The summed E-state index contributed by atoms with van der Waals surface area (Å²) in [5.41, 5.74) is 0.700. The van der Waals surface area contributed by atoms with E-state index in [9.17, 15) is 4.79 Å². The zero-order valence-electron chi connectivity index (χ0n) is 10.3. The van der Waals surface area contributed by atoms with E-state index >= 15 is 0 Å². The monoisotopic (exact) mass is 250 g/mol. The van der Waals surface area contributed by atoms with Gasteiger partial charge in [0.05, 0.1) is 5.56 Å². The van der Waals surface area contributed by atoms with Crippen LogP contribution >= 0.6 is 12.2 Å². The number of hydrogen-bond donors (Lipinski definition) is 1. The summed E-state index contributed by atoms with van der Waals surface area (Å²) in [7, 11) is 0. The van der Waals surface area contributed by atoms with Crippen LogP contribution in [0.1, 0.15) is 37.0 Å². The van der Waals surface area contributed by atoms with Gasteiger partial charge >= 0.3 is 0 Å². The lowest BCUT2D eigenvalue weighted by molar-refractivity contribution is 0.0701. The van der Waals surface area contributed by atoms with E-state index in [0.717, 1.165) is 19.4 Å². The lowest BCUT2D eigenvalue weighted by Crippen LogP contribution is -2.38. The number of pyridine rings is 1. The highest BCUT2D eigenvalue weighted by molar-refractivity contribution is 7.71. The molecule has 0 saturated carbocycles. The van der Waals surface area contributed by atoms with E-state index in [4.69, 9.17) is 12.2 Å². The summed E-state index contributed by atoms with van der Waals surface area (Å²) in [6.45, 7) is 5.22. The predicted molar refractivity (Wildman–Crippen MR) is 70.5 cm³/mol. The van der Waals surface area contributed by atoms with Crippen LogP contribution in [0.4, 0.5) is 0 Å². The van der Waals surface area contributed by atoms with Crippen LogP contribution in [-0.2, 0) is 0 Å². The molecule has 1 saturated heterocycles. The van der Waals surface area contributed by atoms with Gasteiger partial charge in [-0.05, 0) is 30.9 Å². The summed E-state index contributed by atoms with van der Waals surface area (Å²) in [4.78, 5) is 17.3. The molecule has 1 fully saturated rings. The number of H-pyrrole nitrogens is 1. The highest BCUT2D eigenvalue weighted by atomic mass is 32.1. The Bertz CT molecular complexity index is 446. The Kier molecular flexibility index (Phi) is 3.62. The molecule has 1 atom stereocenters. The molecule has 0 aromatic carbocycles. The number of nitrogens with one attached hydrogen (secondary N) is 1. The molecule has 1 aliphatic heterocycles. The van der Waals surface area contributed by atoms with Crippen molar-refractivity contribution in [3.63, 3.8) is 0 Å². The summed E-state index contributed by atoms with van der Waals surface area (Å²) in [5.74, 6) is 0.635. The molecule has 1 aromatic rings. The summed E-state index contributed by atoms with van der Waals surface area (Å²) in [6, 6.07) is 3.95. The number of carbonyl (C=O) groups excluding carboxylic acids is 1. The van der Waals surface area contributed by atoms with Crippen LogP contribution in [0.5, 0.6) is 0 Å². The van der Waals surface area contributed by atoms with Crippen molar-refractivity contribution in [2.45, 2.75) is 32.7 Å². The number of likely N-dealkylation sites (tertiary alicyclic amines) is 1. The van der Waals surface area contributed by atoms with Crippen molar-refractivity contribution in [1.82, 2.24) is 9.88 Å². The Morgan fingerprint density at radius 2 is 2.29 bits per heavy atom. The van der Waals surface area contributed by atoms with Gasteiger partial charge in [-0.1, -0.05) is 26.1 Å². The van der Waals surface area contributed by atoms with Gasteiger partial charge < -0.3 is 9.88 Å². The lowest BCUT2D eigenvalue weighted by Gasteiger charge is -2.27. The Labute approximate surface area is 107 Å². The van der Waals surface area contributed by atoms with Crippen molar-refractivity contribution in [2.24, 2.45) is 5.92 Å². The minimum Gasteiger partial charge on any atom is -0.352 e. The molecule has 1 aromatic heterocycles. The third-order valence-corrected chi connectivity index (χ3v) is 3.61. The molecule has 0 aliphatic carbocycles. The molecule has 0 spiro atoms. The second-order valence-corrected chi connectivity index (χ2v) is 5.33. The van der Waals surface area contributed by atoms with Gasteiger partial charge in [0.2, 0.25) is 0 Å². The van der Waals surface area contributed by atoms with Gasteiger partial charge in [-0.25, -0.2) is 0 Å². The Balaban J connectivity index is 2.19. The largest absolute Gasteiger partial charge is 0.352 e. The maximum atomic E-state index is 12.3. The molecule has 17 heavy (non-hydrogen) atoms. The number of rotatable bonds is 2. The Hall–Kier alpha value is -1.16. The van der Waals surface area contributed by atoms with Gasteiger partial charge in [-0.2, -0.15) is 0 Å². The summed E-state index contributed by atoms with van der Waals surface area (Å²) < 4.78 is 0.656. The van der Waals surface area contributed by atoms with Gasteiger partial charge in [0, 0.05) is 18.8 Å². The fourth-order valence-corrected chi connectivity index (χ4v) is 2.57. The Morgan fingerprint density at radius 1 is 1.53 bits per heavy atom. The van der Waals surface area contributed by atoms with Crippen LogP contribution in [0.15, 0.2) is 18.3 Å². The molecule has 2 heterocycles. The zero-order chi connectivity index (χ0) is 12.4. The van der Waals surface area contributed by atoms with Crippen molar-refractivity contribution in [2.75, 3.05) is 6.54 Å². The molecule has 4 heteroatoms. The van der Waals surface area contributed by atoms with E-state index in [1.165, 1.54) is 0 Å². The molecule has 1 unspecified atom stereocenters. The fourth-order valence-electron chi connectivity index (χ4n) is 2.45. The molecule has 1 aliphatic rings. The number of nitrogens with zero attached hydrogens (tertiary/aromatic N) is 1. The van der Waals surface area contributed by atoms with Crippen LogP contribution in [0.3, 0.4) is 0 Å². The third kappa shape index (κ3) is 2.57. The first-order valence-corrected chi connectivity index (χ1v) is 6.50. The van der Waals surface area contributed by atoms with Gasteiger partial charge in [-0.3, -0.25) is 4.79 Å². The summed E-state index contributed by atoms with van der Waals surface area (Å²) >= 11 is 4.98. The minimum absolute atomic E-state index is 0.118. The fraction of sp³-hybridized carbons (Fsp3) is 0.538. The number of carbonyl (C=O) groups is 1. The molecular weight excluding hydrogens is 232 g/mol. The van der Waals surface area contributed by atoms with E-state index in [0.29, 0.717) is 22.2 Å². The molecule has 0 radical (unpaired) electrons. The van der Waals surface area contributed by atoms with Gasteiger partial charge in [0.25, 0.3) is 5.91 Å². The second-order valence-electron chi connectivity index (χ2n) is 4.89. The molecular formula is C13H18N2OS. The van der Waals surface area contributed by atoms with Crippen LogP contribution < -0.4 is 0 Å². The van der Waals surface area contributed by atoms with E-state index < -0.39 is 0 Å². The first kappa shape index (κ1) is 12.3. The van der Waals surface area contributed by atoms with Crippen molar-refractivity contribution in [1.29, 1.82) is 0 Å². The van der Waals surface area contributed by atoms with E-state index in [2.05, 4.69) is 18.8 Å². The Morgan fingerprint density at radius 3 is 2.88 bits per heavy atom.